The summed E-state index contributed by atoms with van der Waals surface area (Å²) in [6.45, 7) is 1.37. The molecule has 1 fully saturated rings. The third kappa shape index (κ3) is 5.06. The molecule has 150 valence electrons. The number of amides is 2. The fourth-order valence-corrected chi connectivity index (χ4v) is 4.27. The van der Waals surface area contributed by atoms with E-state index in [1.165, 1.54) is 0 Å². The predicted octanol–water partition coefficient (Wildman–Crippen LogP) is 5.00. The van der Waals surface area contributed by atoms with E-state index in [2.05, 4.69) is 5.32 Å². The topological polar surface area (TPSA) is 50.8 Å². The highest BCUT2D eigenvalue weighted by Gasteiger charge is 2.30. The van der Waals surface area contributed by atoms with Crippen molar-refractivity contribution in [3.05, 3.63) is 53.1 Å². The van der Waals surface area contributed by atoms with Gasteiger partial charge in [0.05, 0.1) is 20.3 Å². The molecular formula is C21H25ClN2O3S. The summed E-state index contributed by atoms with van der Waals surface area (Å²) in [7, 11) is 3.24. The third-order valence-corrected chi connectivity index (χ3v) is 6.03. The highest BCUT2D eigenvalue weighted by molar-refractivity contribution is 7.99. The average molecular weight is 421 g/mol. The zero-order valence-electron chi connectivity index (χ0n) is 16.1. The lowest BCUT2D eigenvalue weighted by atomic mass is 10.0. The van der Waals surface area contributed by atoms with Crippen LogP contribution in [0.4, 0.5) is 4.79 Å². The van der Waals surface area contributed by atoms with E-state index in [-0.39, 0.29) is 12.1 Å². The van der Waals surface area contributed by atoms with Crippen LogP contribution in [0.1, 0.15) is 24.4 Å². The van der Waals surface area contributed by atoms with E-state index in [0.29, 0.717) is 18.0 Å². The number of methoxy groups -OCH3 is 2. The Hall–Kier alpha value is -2.05. The van der Waals surface area contributed by atoms with E-state index in [9.17, 15) is 4.79 Å². The number of likely N-dealkylation sites (tertiary alicyclic amines) is 1. The molecule has 1 atom stereocenters. The Balaban J connectivity index is 1.55. The van der Waals surface area contributed by atoms with Gasteiger partial charge in [-0.3, -0.25) is 0 Å². The molecule has 5 nitrogen and oxygen atoms in total. The van der Waals surface area contributed by atoms with Crippen LogP contribution < -0.4 is 14.8 Å². The number of nitrogens with zero attached hydrogens (tertiary/aromatic N) is 1. The van der Waals surface area contributed by atoms with Gasteiger partial charge in [0.1, 0.15) is 0 Å². The molecule has 0 radical (unpaired) electrons. The second kappa shape index (κ2) is 9.94. The lowest BCUT2D eigenvalue weighted by Crippen LogP contribution is -2.40. The van der Waals surface area contributed by atoms with Gasteiger partial charge in [-0.15, -0.1) is 11.8 Å². The van der Waals surface area contributed by atoms with Crippen molar-refractivity contribution in [2.75, 3.05) is 33.1 Å². The minimum absolute atomic E-state index is 0.0195. The first-order valence-corrected chi connectivity index (χ1v) is 10.6. The summed E-state index contributed by atoms with van der Waals surface area (Å²) in [6, 6.07) is 13.6. The largest absolute Gasteiger partial charge is 0.493 e. The Morgan fingerprint density at radius 2 is 1.93 bits per heavy atom. The van der Waals surface area contributed by atoms with Crippen molar-refractivity contribution >= 4 is 29.4 Å². The molecule has 1 N–H and O–H groups in total. The molecule has 0 saturated carbocycles. The lowest BCUT2D eigenvalue weighted by Gasteiger charge is -2.26. The van der Waals surface area contributed by atoms with Crippen LogP contribution in [0.3, 0.4) is 0 Å². The first-order chi connectivity index (χ1) is 13.6. The average Bonchev–Trinajstić information content (AvgIpc) is 3.22. The van der Waals surface area contributed by atoms with E-state index >= 15 is 0 Å². The molecule has 1 aliphatic rings. The van der Waals surface area contributed by atoms with Crippen LogP contribution in [0.15, 0.2) is 47.4 Å². The Morgan fingerprint density at radius 3 is 2.64 bits per heavy atom. The molecule has 0 aliphatic carbocycles. The maximum atomic E-state index is 12.7. The maximum Gasteiger partial charge on any atom is 0.317 e. The summed E-state index contributed by atoms with van der Waals surface area (Å²) < 4.78 is 10.7. The molecule has 1 unspecified atom stereocenters. The van der Waals surface area contributed by atoms with E-state index in [0.717, 1.165) is 40.6 Å². The standard InChI is InChI=1S/C21H25ClN2O3S/c1-26-19-10-5-15(14-20(19)27-2)18-4-3-12-24(18)21(25)23-11-13-28-17-8-6-16(22)7-9-17/h5-10,14,18H,3-4,11-13H2,1-2H3,(H,23,25). The molecule has 28 heavy (non-hydrogen) atoms. The molecule has 1 heterocycles. The van der Waals surface area contributed by atoms with Gasteiger partial charge in [0.25, 0.3) is 0 Å². The molecule has 2 aromatic rings. The number of carbonyl (C=O) groups is 1. The smallest absolute Gasteiger partial charge is 0.317 e. The fraction of sp³-hybridized carbons (Fsp3) is 0.381. The number of halogens is 1. The van der Waals surface area contributed by atoms with Gasteiger partial charge in [0.2, 0.25) is 0 Å². The third-order valence-electron chi connectivity index (χ3n) is 4.77. The Bertz CT molecular complexity index is 801. The maximum absolute atomic E-state index is 12.7. The van der Waals surface area contributed by atoms with Crippen molar-refractivity contribution in [2.45, 2.75) is 23.8 Å². The van der Waals surface area contributed by atoms with Crippen molar-refractivity contribution in [2.24, 2.45) is 0 Å². The molecule has 0 spiro atoms. The summed E-state index contributed by atoms with van der Waals surface area (Å²) in [6.07, 6.45) is 1.94. The molecule has 1 aliphatic heterocycles. The number of urea groups is 1. The van der Waals surface area contributed by atoms with Gasteiger partial charge in [0.15, 0.2) is 11.5 Å². The molecule has 7 heteroatoms. The molecule has 3 rings (SSSR count). The van der Waals surface area contributed by atoms with Gasteiger partial charge < -0.3 is 19.7 Å². The lowest BCUT2D eigenvalue weighted by molar-refractivity contribution is 0.193. The molecule has 2 aromatic carbocycles. The van der Waals surface area contributed by atoms with Crippen LogP contribution in [0.2, 0.25) is 5.02 Å². The van der Waals surface area contributed by atoms with Crippen LogP contribution in [-0.4, -0.2) is 44.0 Å². The quantitative estimate of drug-likeness (QED) is 0.506. The first kappa shape index (κ1) is 20.7. The van der Waals surface area contributed by atoms with Crippen molar-refractivity contribution < 1.29 is 14.3 Å². The summed E-state index contributed by atoms with van der Waals surface area (Å²) in [5, 5.41) is 3.77. The number of ether oxygens (including phenoxy) is 2. The monoisotopic (exact) mass is 420 g/mol. The van der Waals surface area contributed by atoms with Gasteiger partial charge in [-0.05, 0) is 54.8 Å². The minimum Gasteiger partial charge on any atom is -0.493 e. The van der Waals surface area contributed by atoms with Crippen LogP contribution >= 0.6 is 23.4 Å². The van der Waals surface area contributed by atoms with Crippen molar-refractivity contribution in [1.82, 2.24) is 10.2 Å². The second-order valence-electron chi connectivity index (χ2n) is 6.50. The molecule has 0 aromatic heterocycles. The van der Waals surface area contributed by atoms with Crippen LogP contribution in [-0.2, 0) is 0 Å². The number of hydrogen-bond acceptors (Lipinski definition) is 4. The SMILES string of the molecule is COc1ccc(C2CCCN2C(=O)NCCSc2ccc(Cl)cc2)cc1OC. The highest BCUT2D eigenvalue weighted by atomic mass is 35.5. The first-order valence-electron chi connectivity index (χ1n) is 9.27. The molecule has 0 bridgehead atoms. The summed E-state index contributed by atoms with van der Waals surface area (Å²) in [5.41, 5.74) is 1.07. The fourth-order valence-electron chi connectivity index (χ4n) is 3.38. The van der Waals surface area contributed by atoms with Crippen molar-refractivity contribution in [3.8, 4) is 11.5 Å². The van der Waals surface area contributed by atoms with Gasteiger partial charge >= 0.3 is 6.03 Å². The molecular weight excluding hydrogens is 396 g/mol. The summed E-state index contributed by atoms with van der Waals surface area (Å²) in [5.74, 6) is 2.19. The Labute approximate surface area is 175 Å². The summed E-state index contributed by atoms with van der Waals surface area (Å²) >= 11 is 7.60. The van der Waals surface area contributed by atoms with Gasteiger partial charge in [-0.2, -0.15) is 0 Å². The number of benzene rings is 2. The van der Waals surface area contributed by atoms with Gasteiger partial charge in [-0.1, -0.05) is 17.7 Å². The normalized spacial score (nSPS) is 16.1. The molecule has 2 amide bonds. The zero-order chi connectivity index (χ0) is 19.9. The van der Waals surface area contributed by atoms with Crippen molar-refractivity contribution in [3.63, 3.8) is 0 Å². The predicted molar refractivity (Wildman–Crippen MR) is 114 cm³/mol. The van der Waals surface area contributed by atoms with E-state index in [4.69, 9.17) is 21.1 Å². The van der Waals surface area contributed by atoms with E-state index in [1.54, 1.807) is 26.0 Å². The number of hydrogen-bond donors (Lipinski definition) is 1. The molecule has 1 saturated heterocycles. The van der Waals surface area contributed by atoms with Gasteiger partial charge in [0, 0.05) is 28.8 Å². The van der Waals surface area contributed by atoms with Crippen LogP contribution in [0, 0.1) is 0 Å². The Morgan fingerprint density at radius 1 is 1.18 bits per heavy atom. The van der Waals surface area contributed by atoms with E-state index < -0.39 is 0 Å². The van der Waals surface area contributed by atoms with Crippen LogP contribution in [0.25, 0.3) is 0 Å². The zero-order valence-corrected chi connectivity index (χ0v) is 17.7. The second-order valence-corrected chi connectivity index (χ2v) is 8.10. The number of thioether (sulfide) groups is 1. The Kier molecular flexibility index (Phi) is 7.34. The number of nitrogens with one attached hydrogen (secondary N) is 1. The van der Waals surface area contributed by atoms with E-state index in [1.807, 2.05) is 47.4 Å². The number of carbonyl (C=O) groups excluding carboxylic acids is 1. The highest BCUT2D eigenvalue weighted by Crippen LogP contribution is 2.36. The minimum atomic E-state index is -0.0195. The number of rotatable bonds is 7. The van der Waals surface area contributed by atoms with Crippen LogP contribution in [0.5, 0.6) is 11.5 Å². The van der Waals surface area contributed by atoms with Crippen molar-refractivity contribution in [1.29, 1.82) is 0 Å². The summed E-state index contributed by atoms with van der Waals surface area (Å²) in [4.78, 5) is 15.7. The van der Waals surface area contributed by atoms with Gasteiger partial charge in [-0.25, -0.2) is 4.79 Å².